The van der Waals surface area contributed by atoms with Gasteiger partial charge in [0.2, 0.25) is 0 Å². The summed E-state index contributed by atoms with van der Waals surface area (Å²) >= 11 is 10.8. The summed E-state index contributed by atoms with van der Waals surface area (Å²) in [6.07, 6.45) is -2.70. The molecule has 1 atom stereocenters. The first kappa shape index (κ1) is 13.4. The topological polar surface area (TPSA) is 29.1 Å². The predicted octanol–water partition coefficient (Wildman–Crippen LogP) is 2.73. The Bertz CT molecular complexity index is 375. The monoisotopic (exact) mass is 273 g/mol. The van der Waals surface area contributed by atoms with E-state index in [0.717, 1.165) is 12.2 Å². The molecule has 0 saturated heterocycles. The largest absolute Gasteiger partial charge is 0.430 e. The van der Waals surface area contributed by atoms with Gasteiger partial charge in [0.1, 0.15) is 5.70 Å². The zero-order chi connectivity index (χ0) is 12.6. The Hall–Kier alpha value is -0.680. The van der Waals surface area contributed by atoms with Gasteiger partial charge in [0.15, 0.2) is 0 Å². The van der Waals surface area contributed by atoms with Crippen molar-refractivity contribution < 1.29 is 18.0 Å². The van der Waals surface area contributed by atoms with Crippen LogP contribution in [-0.2, 0) is 4.79 Å². The number of dihydropyridines is 1. The summed E-state index contributed by atoms with van der Waals surface area (Å²) in [4.78, 5) is 11.0. The van der Waals surface area contributed by atoms with Crippen LogP contribution in [0, 0.1) is 0 Å². The van der Waals surface area contributed by atoms with Gasteiger partial charge in [0.05, 0.1) is 5.54 Å². The van der Waals surface area contributed by atoms with Gasteiger partial charge in [-0.15, -0.1) is 11.6 Å². The van der Waals surface area contributed by atoms with E-state index in [-0.39, 0.29) is 11.5 Å². The summed E-state index contributed by atoms with van der Waals surface area (Å²) in [7, 11) is 0. The van der Waals surface area contributed by atoms with E-state index in [1.54, 1.807) is 0 Å². The van der Waals surface area contributed by atoms with E-state index >= 15 is 0 Å². The molecule has 16 heavy (non-hydrogen) atoms. The van der Waals surface area contributed by atoms with Gasteiger partial charge >= 0.3 is 6.18 Å². The van der Waals surface area contributed by atoms with Gasteiger partial charge in [-0.3, -0.25) is 4.79 Å². The van der Waals surface area contributed by atoms with Crippen molar-refractivity contribution in [2.24, 2.45) is 0 Å². The van der Waals surface area contributed by atoms with Crippen molar-refractivity contribution in [1.29, 1.82) is 0 Å². The quantitative estimate of drug-likeness (QED) is 0.619. The summed E-state index contributed by atoms with van der Waals surface area (Å²) in [5, 5.41) is 1.36. The van der Waals surface area contributed by atoms with E-state index in [9.17, 15) is 18.0 Å². The predicted molar refractivity (Wildman–Crippen MR) is 55.3 cm³/mol. The van der Waals surface area contributed by atoms with Gasteiger partial charge in [-0.05, 0) is 30.7 Å². The highest BCUT2D eigenvalue weighted by Gasteiger charge is 2.42. The van der Waals surface area contributed by atoms with Crippen LogP contribution in [0.3, 0.4) is 0 Å². The summed E-state index contributed by atoms with van der Waals surface area (Å²) in [6.45, 7) is 1.38. The van der Waals surface area contributed by atoms with Crippen molar-refractivity contribution in [1.82, 2.24) is 5.32 Å². The van der Waals surface area contributed by atoms with Crippen molar-refractivity contribution in [3.05, 3.63) is 23.4 Å². The SMILES string of the molecule is CC1(CCl)NC(C(F)(F)F)=CC=C1C(=O)Cl. The lowest BCUT2D eigenvalue weighted by Gasteiger charge is -2.35. The molecule has 2 nitrogen and oxygen atoms in total. The van der Waals surface area contributed by atoms with Gasteiger partial charge in [0.25, 0.3) is 5.24 Å². The molecule has 0 spiro atoms. The number of hydrogen-bond donors (Lipinski definition) is 1. The molecule has 0 amide bonds. The maximum absolute atomic E-state index is 12.4. The molecule has 1 aliphatic heterocycles. The zero-order valence-electron chi connectivity index (χ0n) is 8.16. The van der Waals surface area contributed by atoms with Crippen LogP contribution in [-0.4, -0.2) is 22.8 Å². The molecule has 1 N–H and O–H groups in total. The number of allylic oxidation sites excluding steroid dienone is 3. The van der Waals surface area contributed by atoms with Crippen LogP contribution < -0.4 is 5.32 Å². The second kappa shape index (κ2) is 4.30. The van der Waals surface area contributed by atoms with E-state index in [1.165, 1.54) is 6.92 Å². The van der Waals surface area contributed by atoms with Crippen LogP contribution in [0.15, 0.2) is 23.4 Å². The van der Waals surface area contributed by atoms with Crippen LogP contribution in [0.5, 0.6) is 0 Å². The van der Waals surface area contributed by atoms with E-state index in [0.29, 0.717) is 0 Å². The highest BCUT2D eigenvalue weighted by Crippen LogP contribution is 2.32. The number of nitrogens with one attached hydrogen (secondary N) is 1. The molecule has 0 bridgehead atoms. The summed E-state index contributed by atoms with van der Waals surface area (Å²) in [5.41, 5.74) is -2.24. The van der Waals surface area contributed by atoms with Crippen molar-refractivity contribution >= 4 is 28.4 Å². The third kappa shape index (κ3) is 2.52. The Labute approximate surface area is 100 Å². The highest BCUT2D eigenvalue weighted by atomic mass is 35.5. The first-order valence-electron chi connectivity index (χ1n) is 4.24. The lowest BCUT2D eigenvalue weighted by molar-refractivity contribution is -0.110. The van der Waals surface area contributed by atoms with Gasteiger partial charge in [-0.2, -0.15) is 13.2 Å². The maximum atomic E-state index is 12.4. The first-order chi connectivity index (χ1) is 7.20. The Balaban J connectivity index is 3.16. The minimum atomic E-state index is -4.51. The standard InChI is InChI=1S/C9H8Cl2F3NO/c1-8(4-10)5(7(11)16)2-3-6(15-8)9(12,13)14/h2-3,15H,4H2,1H3. The third-order valence-electron chi connectivity index (χ3n) is 2.21. The van der Waals surface area contributed by atoms with Crippen LogP contribution in [0.1, 0.15) is 6.92 Å². The molecule has 0 saturated carbocycles. The van der Waals surface area contributed by atoms with Crippen molar-refractivity contribution in [2.75, 3.05) is 5.88 Å². The summed E-state index contributed by atoms with van der Waals surface area (Å²) in [6, 6.07) is 0. The Morgan fingerprint density at radius 2 is 2.06 bits per heavy atom. The fourth-order valence-electron chi connectivity index (χ4n) is 1.31. The second-order valence-corrected chi connectivity index (χ2v) is 4.13. The number of rotatable bonds is 2. The fourth-order valence-corrected chi connectivity index (χ4v) is 1.79. The minimum Gasteiger partial charge on any atom is -0.370 e. The molecule has 0 aliphatic carbocycles. The van der Waals surface area contributed by atoms with Gasteiger partial charge in [-0.1, -0.05) is 0 Å². The number of hydrogen-bond acceptors (Lipinski definition) is 2. The van der Waals surface area contributed by atoms with Crippen molar-refractivity contribution in [3.8, 4) is 0 Å². The first-order valence-corrected chi connectivity index (χ1v) is 5.15. The molecule has 1 heterocycles. The minimum absolute atomic E-state index is 0.0113. The Morgan fingerprint density at radius 3 is 2.44 bits per heavy atom. The molecule has 7 heteroatoms. The van der Waals surface area contributed by atoms with Gasteiger partial charge in [-0.25, -0.2) is 0 Å². The van der Waals surface area contributed by atoms with E-state index in [1.807, 2.05) is 0 Å². The summed E-state index contributed by atoms with van der Waals surface area (Å²) in [5.74, 6) is -0.204. The van der Waals surface area contributed by atoms with Crippen LogP contribution in [0.4, 0.5) is 13.2 Å². The molecule has 1 aliphatic rings. The van der Waals surface area contributed by atoms with E-state index < -0.39 is 22.7 Å². The van der Waals surface area contributed by atoms with Crippen LogP contribution >= 0.6 is 23.2 Å². The lowest BCUT2D eigenvalue weighted by atomic mass is 9.91. The second-order valence-electron chi connectivity index (χ2n) is 3.52. The normalized spacial score (nSPS) is 25.6. The summed E-state index contributed by atoms with van der Waals surface area (Å²) < 4.78 is 37.3. The van der Waals surface area contributed by atoms with Crippen LogP contribution in [0.25, 0.3) is 0 Å². The maximum Gasteiger partial charge on any atom is 0.430 e. The van der Waals surface area contributed by atoms with E-state index in [4.69, 9.17) is 23.2 Å². The van der Waals surface area contributed by atoms with Crippen molar-refractivity contribution in [2.45, 2.75) is 18.6 Å². The molecular formula is C9H8Cl2F3NO. The number of carbonyl (C=O) groups is 1. The Kier molecular flexibility index (Phi) is 3.59. The molecule has 1 rings (SSSR count). The van der Waals surface area contributed by atoms with E-state index in [2.05, 4.69) is 5.32 Å². The van der Waals surface area contributed by atoms with Gasteiger partial charge < -0.3 is 5.32 Å². The fraction of sp³-hybridized carbons (Fsp3) is 0.444. The third-order valence-corrected chi connectivity index (χ3v) is 2.94. The van der Waals surface area contributed by atoms with Gasteiger partial charge in [0, 0.05) is 11.5 Å². The smallest absolute Gasteiger partial charge is 0.370 e. The number of halogens is 5. The molecular weight excluding hydrogens is 266 g/mol. The number of alkyl halides is 4. The molecule has 0 aromatic rings. The number of carbonyl (C=O) groups excluding carboxylic acids is 1. The average molecular weight is 274 g/mol. The molecule has 0 radical (unpaired) electrons. The van der Waals surface area contributed by atoms with Crippen molar-refractivity contribution in [3.63, 3.8) is 0 Å². The molecule has 0 aromatic carbocycles. The zero-order valence-corrected chi connectivity index (χ0v) is 9.67. The van der Waals surface area contributed by atoms with Crippen LogP contribution in [0.2, 0.25) is 0 Å². The molecule has 1 unspecified atom stereocenters. The lowest BCUT2D eigenvalue weighted by Crippen LogP contribution is -2.51. The molecule has 0 fully saturated rings. The average Bonchev–Trinajstić information content (AvgIpc) is 2.15. The molecule has 0 aromatic heterocycles. The Morgan fingerprint density at radius 1 is 1.50 bits per heavy atom. The highest BCUT2D eigenvalue weighted by molar-refractivity contribution is 6.68. The molecule has 90 valence electrons.